The van der Waals surface area contributed by atoms with E-state index >= 15 is 0 Å². The molecule has 0 fully saturated rings. The van der Waals surface area contributed by atoms with E-state index in [1.807, 2.05) is 90.4 Å². The van der Waals surface area contributed by atoms with Crippen molar-refractivity contribution in [3.8, 4) is 0 Å². The first-order valence-corrected chi connectivity index (χ1v) is 11.2. The molecule has 33 heavy (non-hydrogen) atoms. The Hall–Kier alpha value is -3.93. The van der Waals surface area contributed by atoms with Gasteiger partial charge in [-0.1, -0.05) is 60.7 Å². The number of aryl methyl sites for hydroxylation is 2. The van der Waals surface area contributed by atoms with Gasteiger partial charge >= 0.3 is 0 Å². The summed E-state index contributed by atoms with van der Waals surface area (Å²) in [6, 6.07) is 25.2. The molecule has 0 unspecified atom stereocenters. The third-order valence-corrected chi connectivity index (χ3v) is 5.62. The molecular formula is C27H28N4O2. The highest BCUT2D eigenvalue weighted by molar-refractivity contribution is 5.95. The van der Waals surface area contributed by atoms with Crippen LogP contribution < -0.4 is 10.6 Å². The summed E-state index contributed by atoms with van der Waals surface area (Å²) in [6.07, 6.45) is 1.39. The zero-order chi connectivity index (χ0) is 23.0. The molecule has 0 atom stereocenters. The van der Waals surface area contributed by atoms with Crippen molar-refractivity contribution in [1.82, 2.24) is 20.2 Å². The quantitative estimate of drug-likeness (QED) is 0.386. The molecule has 2 N–H and O–H groups in total. The van der Waals surface area contributed by atoms with Crippen molar-refractivity contribution in [2.45, 2.75) is 32.9 Å². The largest absolute Gasteiger partial charge is 0.352 e. The number of nitrogens with one attached hydrogen (secondary N) is 2. The summed E-state index contributed by atoms with van der Waals surface area (Å²) >= 11 is 0. The Morgan fingerprint density at radius 3 is 2.42 bits per heavy atom. The first-order chi connectivity index (χ1) is 16.1. The molecule has 4 aromatic rings. The summed E-state index contributed by atoms with van der Waals surface area (Å²) < 4.78 is 1.97. The number of amides is 2. The molecule has 0 aliphatic rings. The molecule has 6 nitrogen and oxygen atoms in total. The SMILES string of the molecule is Cc1ccccc1C(=O)NCCCc1nc2ccccc2n1CC(=O)NCc1ccccc1. The number of nitrogens with zero attached hydrogens (tertiary/aromatic N) is 2. The fourth-order valence-electron chi connectivity index (χ4n) is 3.86. The Morgan fingerprint density at radius 2 is 1.61 bits per heavy atom. The van der Waals surface area contributed by atoms with E-state index in [4.69, 9.17) is 4.98 Å². The van der Waals surface area contributed by atoms with E-state index in [0.29, 0.717) is 25.1 Å². The number of carbonyl (C=O) groups excluding carboxylic acids is 2. The molecule has 0 aliphatic heterocycles. The van der Waals surface area contributed by atoms with Crippen LogP contribution in [0.4, 0.5) is 0 Å². The monoisotopic (exact) mass is 440 g/mol. The second kappa shape index (κ2) is 10.6. The van der Waals surface area contributed by atoms with Crippen molar-refractivity contribution in [2.75, 3.05) is 6.54 Å². The van der Waals surface area contributed by atoms with Gasteiger partial charge in [-0.3, -0.25) is 9.59 Å². The van der Waals surface area contributed by atoms with E-state index in [0.717, 1.165) is 34.4 Å². The van der Waals surface area contributed by atoms with Gasteiger partial charge in [0.2, 0.25) is 5.91 Å². The predicted octanol–water partition coefficient (Wildman–Crippen LogP) is 4.02. The Kier molecular flexibility index (Phi) is 7.15. The number of imidazole rings is 1. The first-order valence-electron chi connectivity index (χ1n) is 11.2. The van der Waals surface area contributed by atoms with Crippen molar-refractivity contribution >= 4 is 22.8 Å². The lowest BCUT2D eigenvalue weighted by molar-refractivity contribution is -0.121. The summed E-state index contributed by atoms with van der Waals surface area (Å²) in [5, 5.41) is 5.98. The van der Waals surface area contributed by atoms with Crippen LogP contribution in [0.5, 0.6) is 0 Å². The average molecular weight is 441 g/mol. The van der Waals surface area contributed by atoms with E-state index in [2.05, 4.69) is 10.6 Å². The summed E-state index contributed by atoms with van der Waals surface area (Å²) in [7, 11) is 0. The Balaban J connectivity index is 1.38. The molecule has 6 heteroatoms. The highest BCUT2D eigenvalue weighted by Gasteiger charge is 2.14. The minimum absolute atomic E-state index is 0.0592. The van der Waals surface area contributed by atoms with Gasteiger partial charge in [-0.15, -0.1) is 0 Å². The molecule has 4 rings (SSSR count). The topological polar surface area (TPSA) is 76.0 Å². The van der Waals surface area contributed by atoms with Crippen LogP contribution in [0.25, 0.3) is 11.0 Å². The van der Waals surface area contributed by atoms with Gasteiger partial charge in [0.25, 0.3) is 5.91 Å². The number of rotatable bonds is 9. The Labute approximate surface area is 193 Å². The molecule has 0 aliphatic carbocycles. The van der Waals surface area contributed by atoms with Crippen LogP contribution in [-0.4, -0.2) is 27.9 Å². The van der Waals surface area contributed by atoms with Gasteiger partial charge in [-0.2, -0.15) is 0 Å². The summed E-state index contributed by atoms with van der Waals surface area (Å²) in [5.41, 5.74) is 4.52. The maximum Gasteiger partial charge on any atom is 0.251 e. The van der Waals surface area contributed by atoms with E-state index in [1.165, 1.54) is 0 Å². The van der Waals surface area contributed by atoms with E-state index in [-0.39, 0.29) is 18.4 Å². The van der Waals surface area contributed by atoms with Gasteiger partial charge in [0, 0.05) is 25.1 Å². The third kappa shape index (κ3) is 5.66. The van der Waals surface area contributed by atoms with Gasteiger partial charge in [-0.25, -0.2) is 4.98 Å². The number of hydrogen-bond donors (Lipinski definition) is 2. The van der Waals surface area contributed by atoms with Crippen LogP contribution in [0.15, 0.2) is 78.9 Å². The standard InChI is InChI=1S/C27H28N4O2/c1-20-10-5-6-13-22(20)27(33)28-17-9-16-25-30-23-14-7-8-15-24(23)31(25)19-26(32)29-18-21-11-3-2-4-12-21/h2-8,10-15H,9,16-19H2,1H3,(H,28,33)(H,29,32). The number of aromatic nitrogens is 2. The third-order valence-electron chi connectivity index (χ3n) is 5.62. The molecule has 3 aromatic carbocycles. The zero-order valence-corrected chi connectivity index (χ0v) is 18.8. The number of para-hydroxylation sites is 2. The minimum Gasteiger partial charge on any atom is -0.352 e. The maximum absolute atomic E-state index is 12.7. The number of carbonyl (C=O) groups is 2. The second-order valence-electron chi connectivity index (χ2n) is 8.04. The van der Waals surface area contributed by atoms with Crippen LogP contribution in [0, 0.1) is 6.92 Å². The van der Waals surface area contributed by atoms with Crippen LogP contribution in [0.1, 0.15) is 33.7 Å². The molecule has 0 radical (unpaired) electrons. The lowest BCUT2D eigenvalue weighted by Gasteiger charge is -2.11. The molecular weight excluding hydrogens is 412 g/mol. The molecule has 0 saturated heterocycles. The molecule has 0 spiro atoms. The van der Waals surface area contributed by atoms with E-state index < -0.39 is 0 Å². The fraction of sp³-hybridized carbons (Fsp3) is 0.222. The van der Waals surface area contributed by atoms with Crippen LogP contribution in [0.3, 0.4) is 0 Å². The zero-order valence-electron chi connectivity index (χ0n) is 18.8. The Morgan fingerprint density at radius 1 is 0.879 bits per heavy atom. The lowest BCUT2D eigenvalue weighted by Crippen LogP contribution is -2.28. The van der Waals surface area contributed by atoms with Crippen molar-refractivity contribution in [3.63, 3.8) is 0 Å². The highest BCUT2D eigenvalue weighted by Crippen LogP contribution is 2.17. The number of fused-ring (bicyclic) bond motifs is 1. The van der Waals surface area contributed by atoms with Crippen LogP contribution in [-0.2, 0) is 24.3 Å². The van der Waals surface area contributed by atoms with Crippen molar-refractivity contribution < 1.29 is 9.59 Å². The predicted molar refractivity (Wildman–Crippen MR) is 130 cm³/mol. The summed E-state index contributed by atoms with van der Waals surface area (Å²) in [6.45, 7) is 3.17. The molecule has 1 aromatic heterocycles. The minimum atomic E-state index is -0.0677. The highest BCUT2D eigenvalue weighted by atomic mass is 16.2. The Bertz CT molecular complexity index is 1250. The van der Waals surface area contributed by atoms with E-state index in [9.17, 15) is 9.59 Å². The second-order valence-corrected chi connectivity index (χ2v) is 8.04. The summed E-state index contributed by atoms with van der Waals surface area (Å²) in [5.74, 6) is 0.717. The van der Waals surface area contributed by atoms with E-state index in [1.54, 1.807) is 0 Å². The number of benzene rings is 3. The van der Waals surface area contributed by atoms with Gasteiger partial charge in [0.1, 0.15) is 12.4 Å². The first kappa shape index (κ1) is 22.3. The molecule has 2 amide bonds. The molecule has 1 heterocycles. The smallest absolute Gasteiger partial charge is 0.251 e. The van der Waals surface area contributed by atoms with Gasteiger partial charge in [0.15, 0.2) is 0 Å². The fourth-order valence-corrected chi connectivity index (χ4v) is 3.86. The van der Waals surface area contributed by atoms with Crippen LogP contribution >= 0.6 is 0 Å². The van der Waals surface area contributed by atoms with Crippen molar-refractivity contribution in [1.29, 1.82) is 0 Å². The molecule has 0 bridgehead atoms. The number of hydrogen-bond acceptors (Lipinski definition) is 3. The average Bonchev–Trinajstić information content (AvgIpc) is 3.18. The van der Waals surface area contributed by atoms with Crippen molar-refractivity contribution in [3.05, 3.63) is 101 Å². The maximum atomic E-state index is 12.7. The lowest BCUT2D eigenvalue weighted by atomic mass is 10.1. The van der Waals surface area contributed by atoms with Gasteiger partial charge < -0.3 is 15.2 Å². The van der Waals surface area contributed by atoms with Crippen molar-refractivity contribution in [2.24, 2.45) is 0 Å². The molecule has 0 saturated carbocycles. The van der Waals surface area contributed by atoms with Crippen LogP contribution in [0.2, 0.25) is 0 Å². The summed E-state index contributed by atoms with van der Waals surface area (Å²) in [4.78, 5) is 29.8. The van der Waals surface area contributed by atoms with Gasteiger partial charge in [0.05, 0.1) is 11.0 Å². The van der Waals surface area contributed by atoms with Gasteiger partial charge in [-0.05, 0) is 42.7 Å². The normalized spacial score (nSPS) is 10.8. The molecule has 168 valence electrons.